The lowest BCUT2D eigenvalue weighted by Crippen LogP contribution is -2.03. The van der Waals surface area contributed by atoms with Gasteiger partial charge in [0.1, 0.15) is 17.5 Å². The van der Waals surface area contributed by atoms with Gasteiger partial charge in [-0.05, 0) is 37.9 Å². The van der Waals surface area contributed by atoms with Gasteiger partial charge < -0.3 is 4.74 Å². The number of nitrogens with zero attached hydrogens (tertiary/aromatic N) is 3. The first-order valence-electron chi connectivity index (χ1n) is 5.78. The van der Waals surface area contributed by atoms with Crippen LogP contribution < -0.4 is 4.74 Å². The minimum atomic E-state index is -2.99. The molecule has 0 atom stereocenters. The topological polar surface area (TPSA) is 50.8 Å². The number of benzene rings is 1. The highest BCUT2D eigenvalue weighted by Crippen LogP contribution is 2.34. The van der Waals surface area contributed by atoms with Crippen LogP contribution in [0.1, 0.15) is 11.3 Å². The Balaban J connectivity index is 2.53. The van der Waals surface area contributed by atoms with Crippen LogP contribution in [-0.2, 0) is 0 Å². The molecule has 0 fully saturated rings. The third-order valence-electron chi connectivity index (χ3n) is 2.56. The molecule has 0 aliphatic heterocycles. The number of alkyl halides is 2. The minimum absolute atomic E-state index is 0.0496. The molecule has 0 radical (unpaired) electrons. The van der Waals surface area contributed by atoms with Crippen molar-refractivity contribution in [2.24, 2.45) is 0 Å². The molecule has 120 valence electrons. The normalized spacial score (nSPS) is 10.5. The van der Waals surface area contributed by atoms with Gasteiger partial charge in [0, 0.05) is 23.9 Å². The molecule has 0 unspecified atom stereocenters. The van der Waals surface area contributed by atoms with Crippen molar-refractivity contribution in [1.29, 1.82) is 5.26 Å². The van der Waals surface area contributed by atoms with E-state index in [9.17, 15) is 8.78 Å². The first-order chi connectivity index (χ1) is 10.8. The summed E-state index contributed by atoms with van der Waals surface area (Å²) in [6.07, 6.45) is 3.15. The molecule has 4 nitrogen and oxygen atoms in total. The van der Waals surface area contributed by atoms with E-state index < -0.39 is 6.61 Å². The molecule has 0 saturated heterocycles. The molecule has 2 aromatic rings. The summed E-state index contributed by atoms with van der Waals surface area (Å²) in [7, 11) is 0. The van der Waals surface area contributed by atoms with Crippen molar-refractivity contribution >= 4 is 61.1 Å². The van der Waals surface area contributed by atoms with Crippen LogP contribution in [0.2, 0.25) is 10.0 Å². The van der Waals surface area contributed by atoms with Gasteiger partial charge in [-0.2, -0.15) is 19.1 Å². The van der Waals surface area contributed by atoms with Gasteiger partial charge >= 0.3 is 6.61 Å². The number of aromatic nitrogens is 2. The van der Waals surface area contributed by atoms with E-state index in [-0.39, 0.29) is 27.2 Å². The van der Waals surface area contributed by atoms with E-state index in [2.05, 4.69) is 41.7 Å². The first-order valence-corrected chi connectivity index (χ1v) is 8.12. The molecule has 0 N–H and O–H groups in total. The number of nitriles is 1. The molecule has 0 aliphatic carbocycles. The Morgan fingerprint density at radius 2 is 1.96 bits per heavy atom. The van der Waals surface area contributed by atoms with Crippen molar-refractivity contribution in [1.82, 2.24) is 9.78 Å². The minimum Gasteiger partial charge on any atom is -0.435 e. The summed E-state index contributed by atoms with van der Waals surface area (Å²) in [6, 6.07) is 4.33. The van der Waals surface area contributed by atoms with E-state index >= 15 is 0 Å². The maximum absolute atomic E-state index is 12.3. The molecule has 2 rings (SSSR count). The van der Waals surface area contributed by atoms with E-state index in [0.717, 1.165) is 0 Å². The van der Waals surface area contributed by atoms with Crippen LogP contribution in [0.15, 0.2) is 21.7 Å². The molecule has 1 heterocycles. The standard InChI is InChI=1S/C13H5Br2Cl2F2N3O/c14-11(15)1-6-5-22(21-10(6)4-20)12-8(16)2-7(3-9(12)17)23-13(18)19/h1-3,5,13H. The molecule has 23 heavy (non-hydrogen) atoms. The fourth-order valence-electron chi connectivity index (χ4n) is 1.74. The maximum Gasteiger partial charge on any atom is 0.387 e. The number of halogens is 6. The number of ether oxygens (including phenoxy) is 1. The zero-order valence-electron chi connectivity index (χ0n) is 10.9. The number of rotatable bonds is 4. The monoisotopic (exact) mass is 485 g/mol. The summed E-state index contributed by atoms with van der Waals surface area (Å²) in [6.45, 7) is -2.99. The summed E-state index contributed by atoms with van der Waals surface area (Å²) in [5.74, 6) is -0.172. The van der Waals surface area contributed by atoms with E-state index in [0.29, 0.717) is 8.96 Å². The summed E-state index contributed by atoms with van der Waals surface area (Å²) in [4.78, 5) is 0. The van der Waals surface area contributed by atoms with Gasteiger partial charge in [0.25, 0.3) is 0 Å². The van der Waals surface area contributed by atoms with Crippen LogP contribution in [0.25, 0.3) is 11.8 Å². The van der Waals surface area contributed by atoms with Crippen LogP contribution in [0.3, 0.4) is 0 Å². The molecule has 0 bridgehead atoms. The first kappa shape index (κ1) is 18.2. The van der Waals surface area contributed by atoms with Gasteiger partial charge in [0.05, 0.1) is 13.4 Å². The van der Waals surface area contributed by atoms with Crippen LogP contribution in [-0.4, -0.2) is 16.4 Å². The second-order valence-corrected chi connectivity index (χ2v) is 7.62. The van der Waals surface area contributed by atoms with Crippen LogP contribution in [0.5, 0.6) is 5.75 Å². The highest BCUT2D eigenvalue weighted by atomic mass is 79.9. The second kappa shape index (κ2) is 7.62. The van der Waals surface area contributed by atoms with Gasteiger partial charge in [-0.25, -0.2) is 4.68 Å². The third kappa shape index (κ3) is 4.44. The Bertz CT molecular complexity index is 791. The van der Waals surface area contributed by atoms with E-state index in [4.69, 9.17) is 28.5 Å². The van der Waals surface area contributed by atoms with Gasteiger partial charge in [-0.1, -0.05) is 23.2 Å². The molecular weight excluding hydrogens is 483 g/mol. The molecule has 1 aromatic heterocycles. The van der Waals surface area contributed by atoms with E-state index in [1.807, 2.05) is 6.07 Å². The fraction of sp³-hybridized carbons (Fsp3) is 0.0769. The third-order valence-corrected chi connectivity index (χ3v) is 3.59. The Hall–Kier alpha value is -1.14. The van der Waals surface area contributed by atoms with Crippen LogP contribution in [0.4, 0.5) is 8.78 Å². The van der Waals surface area contributed by atoms with Gasteiger partial charge in [-0.15, -0.1) is 0 Å². The quantitative estimate of drug-likeness (QED) is 0.552. The molecule has 10 heteroatoms. The lowest BCUT2D eigenvalue weighted by molar-refractivity contribution is -0.0498. The molecule has 0 spiro atoms. The molecule has 0 aliphatic rings. The zero-order chi connectivity index (χ0) is 17.1. The fourth-order valence-corrected chi connectivity index (χ4v) is 2.88. The van der Waals surface area contributed by atoms with Crippen LogP contribution >= 0.6 is 55.1 Å². The summed E-state index contributed by atoms with van der Waals surface area (Å²) >= 11 is 18.5. The Morgan fingerprint density at radius 1 is 1.35 bits per heavy atom. The Kier molecular flexibility index (Phi) is 6.03. The van der Waals surface area contributed by atoms with Gasteiger partial charge in [0.2, 0.25) is 0 Å². The Morgan fingerprint density at radius 3 is 2.43 bits per heavy atom. The maximum atomic E-state index is 12.3. The molecular formula is C13H5Br2Cl2F2N3O. The average molecular weight is 488 g/mol. The Labute approximate surface area is 156 Å². The zero-order valence-corrected chi connectivity index (χ0v) is 15.6. The predicted molar refractivity (Wildman–Crippen MR) is 90.8 cm³/mol. The van der Waals surface area contributed by atoms with E-state index in [1.165, 1.54) is 23.0 Å². The van der Waals surface area contributed by atoms with Crippen molar-refractivity contribution < 1.29 is 13.5 Å². The summed E-state index contributed by atoms with van der Waals surface area (Å²) < 4.78 is 30.7. The summed E-state index contributed by atoms with van der Waals surface area (Å²) in [5.41, 5.74) is 0.898. The molecule has 0 amide bonds. The SMILES string of the molecule is N#Cc1nn(-c2c(Cl)cc(OC(F)F)cc2Cl)cc1C=C(Br)Br. The smallest absolute Gasteiger partial charge is 0.387 e. The van der Waals surface area contributed by atoms with Crippen molar-refractivity contribution in [2.75, 3.05) is 0 Å². The van der Waals surface area contributed by atoms with Gasteiger partial charge in [0.15, 0.2) is 5.69 Å². The van der Waals surface area contributed by atoms with Crippen molar-refractivity contribution in [3.05, 3.63) is 43.0 Å². The molecule has 0 saturated carbocycles. The van der Waals surface area contributed by atoms with Crippen molar-refractivity contribution in [2.45, 2.75) is 6.61 Å². The lowest BCUT2D eigenvalue weighted by atomic mass is 10.2. The number of hydrogen-bond acceptors (Lipinski definition) is 3. The highest BCUT2D eigenvalue weighted by molar-refractivity contribution is 9.28. The van der Waals surface area contributed by atoms with Crippen LogP contribution in [0, 0.1) is 11.3 Å². The second-order valence-electron chi connectivity index (χ2n) is 4.04. The molecule has 1 aromatic carbocycles. The van der Waals surface area contributed by atoms with Crippen molar-refractivity contribution in [3.8, 4) is 17.5 Å². The summed E-state index contributed by atoms with van der Waals surface area (Å²) in [5, 5.41) is 13.3. The average Bonchev–Trinajstić information content (AvgIpc) is 2.78. The van der Waals surface area contributed by atoms with Crippen molar-refractivity contribution in [3.63, 3.8) is 0 Å². The lowest BCUT2D eigenvalue weighted by Gasteiger charge is -2.10. The largest absolute Gasteiger partial charge is 0.435 e. The van der Waals surface area contributed by atoms with E-state index in [1.54, 1.807) is 6.08 Å². The van der Waals surface area contributed by atoms with Gasteiger partial charge in [-0.3, -0.25) is 0 Å². The number of hydrogen-bond donors (Lipinski definition) is 0. The predicted octanol–water partition coefficient (Wildman–Crippen LogP) is 5.74. The highest BCUT2D eigenvalue weighted by Gasteiger charge is 2.16.